The second-order valence-corrected chi connectivity index (χ2v) is 9.05. The fourth-order valence-electron chi connectivity index (χ4n) is 4.91. The zero-order valence-electron chi connectivity index (χ0n) is 17.2. The van der Waals surface area contributed by atoms with E-state index in [4.69, 9.17) is 0 Å². The van der Waals surface area contributed by atoms with Crippen molar-refractivity contribution in [2.75, 3.05) is 0 Å². The summed E-state index contributed by atoms with van der Waals surface area (Å²) in [6.07, 6.45) is 3.04. The standard InChI is InChI=1S/C25H30N2O3/c28-23-21(15-17-7-3-1-4-8-17)26(19-11-12-19)25(30)27(20-13-14-20)22(24(23)29)16-18-9-5-2-6-10-18/h1-10,19-24,28-29H,11-16H2/t21-,22-,23+,24+/m1/s1. The van der Waals surface area contributed by atoms with Gasteiger partial charge in [0.2, 0.25) is 0 Å². The summed E-state index contributed by atoms with van der Waals surface area (Å²) < 4.78 is 0. The van der Waals surface area contributed by atoms with Crippen LogP contribution in [0.4, 0.5) is 4.79 Å². The summed E-state index contributed by atoms with van der Waals surface area (Å²) in [4.78, 5) is 17.6. The van der Waals surface area contributed by atoms with E-state index in [-0.39, 0.29) is 18.1 Å². The van der Waals surface area contributed by atoms with Crippen molar-refractivity contribution < 1.29 is 15.0 Å². The van der Waals surface area contributed by atoms with Gasteiger partial charge in [-0.05, 0) is 49.7 Å². The Kier molecular flexibility index (Phi) is 5.25. The molecule has 4 atom stereocenters. The molecule has 0 unspecified atom stereocenters. The Bertz CT molecular complexity index is 795. The van der Waals surface area contributed by atoms with E-state index in [1.54, 1.807) is 0 Å². The SMILES string of the molecule is O=C1N(C2CC2)[C@H](Cc2ccccc2)[C@H](O)[C@@H](O)[C@@H](Cc2ccccc2)N1C1CC1. The van der Waals surface area contributed by atoms with Gasteiger partial charge in [0, 0.05) is 12.1 Å². The highest BCUT2D eigenvalue weighted by molar-refractivity contribution is 5.77. The number of amides is 2. The van der Waals surface area contributed by atoms with Gasteiger partial charge in [-0.3, -0.25) is 0 Å². The first kappa shape index (κ1) is 19.6. The molecule has 1 aliphatic heterocycles. The van der Waals surface area contributed by atoms with Crippen molar-refractivity contribution in [1.29, 1.82) is 0 Å². The van der Waals surface area contributed by atoms with E-state index in [2.05, 4.69) is 0 Å². The minimum absolute atomic E-state index is 0.00235. The van der Waals surface area contributed by atoms with Gasteiger partial charge in [0.05, 0.1) is 12.1 Å². The van der Waals surface area contributed by atoms with Crippen molar-refractivity contribution in [3.8, 4) is 0 Å². The molecule has 1 heterocycles. The number of hydrogen-bond acceptors (Lipinski definition) is 3. The average molecular weight is 407 g/mol. The molecule has 5 rings (SSSR count). The lowest BCUT2D eigenvalue weighted by atomic mass is 9.91. The van der Waals surface area contributed by atoms with Crippen LogP contribution in [0, 0.1) is 0 Å². The second-order valence-electron chi connectivity index (χ2n) is 9.05. The summed E-state index contributed by atoms with van der Waals surface area (Å²) in [5, 5.41) is 22.7. The molecule has 0 aromatic heterocycles. The predicted molar refractivity (Wildman–Crippen MR) is 115 cm³/mol. The molecule has 2 amide bonds. The van der Waals surface area contributed by atoms with Crippen LogP contribution >= 0.6 is 0 Å². The lowest BCUT2D eigenvalue weighted by Crippen LogP contribution is -2.52. The van der Waals surface area contributed by atoms with E-state index in [0.29, 0.717) is 12.8 Å². The molecule has 2 aromatic rings. The van der Waals surface area contributed by atoms with Crippen LogP contribution in [0.5, 0.6) is 0 Å². The first-order chi connectivity index (χ1) is 14.6. The van der Waals surface area contributed by atoms with Crippen LogP contribution in [0.15, 0.2) is 60.7 Å². The molecular formula is C25H30N2O3. The Morgan fingerprint density at radius 2 is 1.03 bits per heavy atom. The van der Waals surface area contributed by atoms with Crippen LogP contribution < -0.4 is 0 Å². The molecule has 30 heavy (non-hydrogen) atoms. The summed E-state index contributed by atoms with van der Waals surface area (Å²) in [7, 11) is 0. The molecule has 2 saturated carbocycles. The third-order valence-corrected chi connectivity index (χ3v) is 6.75. The van der Waals surface area contributed by atoms with E-state index in [1.807, 2.05) is 70.5 Å². The minimum atomic E-state index is -0.979. The number of hydrogen-bond donors (Lipinski definition) is 2. The third-order valence-electron chi connectivity index (χ3n) is 6.75. The van der Waals surface area contributed by atoms with Crippen molar-refractivity contribution in [3.63, 3.8) is 0 Å². The molecule has 3 aliphatic rings. The van der Waals surface area contributed by atoms with Gasteiger partial charge >= 0.3 is 6.03 Å². The van der Waals surface area contributed by atoms with Crippen LogP contribution in [-0.4, -0.2) is 62.4 Å². The molecule has 158 valence electrons. The summed E-state index contributed by atoms with van der Waals surface area (Å²) in [5.74, 6) is 0. The number of benzene rings is 2. The molecule has 0 bridgehead atoms. The Morgan fingerprint density at radius 1 is 0.667 bits per heavy atom. The highest BCUT2D eigenvalue weighted by Gasteiger charge is 2.53. The van der Waals surface area contributed by atoms with Crippen molar-refractivity contribution in [2.45, 2.75) is 74.9 Å². The lowest BCUT2D eigenvalue weighted by molar-refractivity contribution is -0.0408. The molecule has 0 radical (unpaired) electrons. The predicted octanol–water partition coefficient (Wildman–Crippen LogP) is 2.99. The van der Waals surface area contributed by atoms with Gasteiger partial charge < -0.3 is 20.0 Å². The maximum atomic E-state index is 13.8. The van der Waals surface area contributed by atoms with Gasteiger partial charge in [-0.1, -0.05) is 60.7 Å². The van der Waals surface area contributed by atoms with Crippen molar-refractivity contribution in [2.24, 2.45) is 0 Å². The smallest absolute Gasteiger partial charge is 0.321 e. The molecular weight excluding hydrogens is 376 g/mol. The summed E-state index contributed by atoms with van der Waals surface area (Å²) in [5.41, 5.74) is 2.15. The van der Waals surface area contributed by atoms with Gasteiger partial charge in [0.25, 0.3) is 0 Å². The molecule has 5 heteroatoms. The van der Waals surface area contributed by atoms with Gasteiger partial charge in [-0.15, -0.1) is 0 Å². The Hall–Kier alpha value is -2.37. The number of rotatable bonds is 6. The van der Waals surface area contributed by atoms with Crippen LogP contribution in [0.25, 0.3) is 0 Å². The minimum Gasteiger partial charge on any atom is -0.388 e. The summed E-state index contributed by atoms with van der Waals surface area (Å²) in [6.45, 7) is 0. The summed E-state index contributed by atoms with van der Waals surface area (Å²) >= 11 is 0. The number of aliphatic hydroxyl groups is 2. The molecule has 2 aliphatic carbocycles. The molecule has 2 aromatic carbocycles. The first-order valence-electron chi connectivity index (χ1n) is 11.2. The number of carbonyl (C=O) groups is 1. The number of urea groups is 1. The zero-order valence-corrected chi connectivity index (χ0v) is 17.2. The largest absolute Gasteiger partial charge is 0.388 e. The van der Waals surface area contributed by atoms with E-state index >= 15 is 0 Å². The van der Waals surface area contributed by atoms with Crippen molar-refractivity contribution in [1.82, 2.24) is 9.80 Å². The molecule has 0 spiro atoms. The van der Waals surface area contributed by atoms with Crippen LogP contribution in [0.1, 0.15) is 36.8 Å². The number of nitrogens with zero attached hydrogens (tertiary/aromatic N) is 2. The van der Waals surface area contributed by atoms with E-state index < -0.39 is 24.3 Å². The first-order valence-corrected chi connectivity index (χ1v) is 11.2. The van der Waals surface area contributed by atoms with Gasteiger partial charge in [-0.2, -0.15) is 0 Å². The van der Waals surface area contributed by atoms with Crippen molar-refractivity contribution >= 4 is 6.03 Å². The maximum absolute atomic E-state index is 13.8. The zero-order chi connectivity index (χ0) is 20.7. The Balaban J connectivity index is 1.50. The monoisotopic (exact) mass is 406 g/mol. The average Bonchev–Trinajstić information content (AvgIpc) is 3.67. The van der Waals surface area contributed by atoms with Gasteiger partial charge in [-0.25, -0.2) is 4.79 Å². The van der Waals surface area contributed by atoms with Crippen LogP contribution in [-0.2, 0) is 12.8 Å². The summed E-state index contributed by atoms with van der Waals surface area (Å²) in [6, 6.07) is 19.5. The number of aliphatic hydroxyl groups excluding tert-OH is 2. The second kappa shape index (κ2) is 8.05. The molecule has 5 nitrogen and oxygen atoms in total. The Morgan fingerprint density at radius 3 is 1.37 bits per heavy atom. The molecule has 1 saturated heterocycles. The van der Waals surface area contributed by atoms with Crippen molar-refractivity contribution in [3.05, 3.63) is 71.8 Å². The maximum Gasteiger partial charge on any atom is 0.321 e. The fraction of sp³-hybridized carbons (Fsp3) is 0.480. The van der Waals surface area contributed by atoms with E-state index in [1.165, 1.54) is 0 Å². The molecule has 2 N–H and O–H groups in total. The fourth-order valence-corrected chi connectivity index (χ4v) is 4.91. The van der Waals surface area contributed by atoms with Gasteiger partial charge in [0.15, 0.2) is 0 Å². The highest BCUT2D eigenvalue weighted by atomic mass is 16.3. The highest BCUT2D eigenvalue weighted by Crippen LogP contribution is 2.40. The molecule has 3 fully saturated rings. The topological polar surface area (TPSA) is 64.0 Å². The Labute approximate surface area is 177 Å². The number of carbonyl (C=O) groups excluding carboxylic acids is 1. The van der Waals surface area contributed by atoms with Crippen LogP contribution in [0.2, 0.25) is 0 Å². The lowest BCUT2D eigenvalue weighted by Gasteiger charge is -2.36. The van der Waals surface area contributed by atoms with E-state index in [9.17, 15) is 15.0 Å². The quantitative estimate of drug-likeness (QED) is 0.775. The normalized spacial score (nSPS) is 29.7. The van der Waals surface area contributed by atoms with Crippen LogP contribution in [0.3, 0.4) is 0 Å². The van der Waals surface area contributed by atoms with Gasteiger partial charge in [0.1, 0.15) is 12.2 Å². The third kappa shape index (κ3) is 3.84. The van der Waals surface area contributed by atoms with E-state index in [0.717, 1.165) is 36.8 Å².